The summed E-state index contributed by atoms with van der Waals surface area (Å²) in [6.45, 7) is 15.5. The molecule has 0 saturated carbocycles. The minimum Gasteiger partial charge on any atom is -0.294 e. The van der Waals surface area contributed by atoms with Crippen molar-refractivity contribution >= 4 is 5.78 Å². The number of hydrogen-bond acceptors (Lipinski definition) is 1. The lowest BCUT2D eigenvalue weighted by atomic mass is 9.63. The van der Waals surface area contributed by atoms with Crippen molar-refractivity contribution in [3.63, 3.8) is 0 Å². The molecule has 116 valence electrons. The number of ketones is 1. The summed E-state index contributed by atoms with van der Waals surface area (Å²) in [6.07, 6.45) is 2.40. The number of carbonyl (C=O) groups excluding carboxylic acids is 1. The Labute approximate surface area is 130 Å². The standard InChI is InChI=1S/C20H30O/c1-13(2)14(3)18(21)15-8-9-16-17(12-15)20(6,7)11-10-19(16,4)5/h8-9,12-14H,10-11H2,1-7H3. The van der Waals surface area contributed by atoms with Crippen LogP contribution in [0.5, 0.6) is 0 Å². The zero-order chi connectivity index (χ0) is 16.0. The predicted molar refractivity (Wildman–Crippen MR) is 90.1 cm³/mol. The van der Waals surface area contributed by atoms with Gasteiger partial charge in [-0.2, -0.15) is 0 Å². The van der Waals surface area contributed by atoms with Crippen LogP contribution in [-0.4, -0.2) is 5.78 Å². The molecule has 0 aliphatic heterocycles. The lowest BCUT2D eigenvalue weighted by molar-refractivity contribution is 0.0899. The highest BCUT2D eigenvalue weighted by molar-refractivity contribution is 5.98. The van der Waals surface area contributed by atoms with Gasteiger partial charge in [0.05, 0.1) is 0 Å². The molecule has 1 heteroatoms. The largest absolute Gasteiger partial charge is 0.294 e. The van der Waals surface area contributed by atoms with Crippen molar-refractivity contribution in [2.24, 2.45) is 11.8 Å². The molecule has 0 fully saturated rings. The van der Waals surface area contributed by atoms with Crippen LogP contribution in [0.1, 0.15) is 82.8 Å². The molecular weight excluding hydrogens is 256 g/mol. The van der Waals surface area contributed by atoms with Gasteiger partial charge in [-0.25, -0.2) is 0 Å². The van der Waals surface area contributed by atoms with E-state index >= 15 is 0 Å². The molecule has 0 saturated heterocycles. The molecule has 0 spiro atoms. The van der Waals surface area contributed by atoms with Gasteiger partial charge in [-0.05, 0) is 46.8 Å². The first-order chi connectivity index (χ1) is 9.56. The van der Waals surface area contributed by atoms with Gasteiger partial charge in [0.25, 0.3) is 0 Å². The SMILES string of the molecule is CC(C)C(C)C(=O)c1ccc2c(c1)C(C)(C)CCC2(C)C. The first-order valence-electron chi connectivity index (χ1n) is 8.25. The Balaban J connectivity index is 2.49. The summed E-state index contributed by atoms with van der Waals surface area (Å²) in [4.78, 5) is 12.6. The van der Waals surface area contributed by atoms with E-state index in [9.17, 15) is 4.79 Å². The maximum atomic E-state index is 12.6. The summed E-state index contributed by atoms with van der Waals surface area (Å²) in [6, 6.07) is 6.43. The van der Waals surface area contributed by atoms with Crippen molar-refractivity contribution in [2.75, 3.05) is 0 Å². The number of hydrogen-bond donors (Lipinski definition) is 0. The van der Waals surface area contributed by atoms with E-state index in [0.29, 0.717) is 5.92 Å². The first-order valence-corrected chi connectivity index (χ1v) is 8.25. The van der Waals surface area contributed by atoms with Gasteiger partial charge in [0.15, 0.2) is 5.78 Å². The minimum atomic E-state index is 0.0859. The van der Waals surface area contributed by atoms with Gasteiger partial charge in [0.1, 0.15) is 0 Å². The summed E-state index contributed by atoms with van der Waals surface area (Å²) < 4.78 is 0. The summed E-state index contributed by atoms with van der Waals surface area (Å²) in [5.74, 6) is 0.757. The smallest absolute Gasteiger partial charge is 0.165 e. The van der Waals surface area contributed by atoms with Crippen molar-refractivity contribution in [1.29, 1.82) is 0 Å². The van der Waals surface area contributed by atoms with E-state index in [1.807, 2.05) is 13.0 Å². The van der Waals surface area contributed by atoms with E-state index in [4.69, 9.17) is 0 Å². The van der Waals surface area contributed by atoms with Crippen LogP contribution in [0.15, 0.2) is 18.2 Å². The average Bonchev–Trinajstić information content (AvgIpc) is 2.42. The van der Waals surface area contributed by atoms with Gasteiger partial charge >= 0.3 is 0 Å². The highest BCUT2D eigenvalue weighted by Gasteiger charge is 2.37. The van der Waals surface area contributed by atoms with E-state index in [2.05, 4.69) is 53.7 Å². The molecular formula is C20H30O. The van der Waals surface area contributed by atoms with Gasteiger partial charge in [-0.1, -0.05) is 60.6 Å². The molecule has 1 aromatic carbocycles. The number of rotatable bonds is 3. The zero-order valence-corrected chi connectivity index (χ0v) is 14.7. The van der Waals surface area contributed by atoms with Crippen molar-refractivity contribution in [2.45, 2.75) is 72.1 Å². The van der Waals surface area contributed by atoms with Crippen LogP contribution in [0, 0.1) is 11.8 Å². The molecule has 1 unspecified atom stereocenters. The third-order valence-electron chi connectivity index (χ3n) is 5.55. The second kappa shape index (κ2) is 5.26. The quantitative estimate of drug-likeness (QED) is 0.669. The lowest BCUT2D eigenvalue weighted by Gasteiger charge is -2.42. The average molecular weight is 286 g/mol. The number of benzene rings is 1. The molecule has 0 bridgehead atoms. The third-order valence-corrected chi connectivity index (χ3v) is 5.55. The Hall–Kier alpha value is -1.11. The predicted octanol–water partition coefficient (Wildman–Crippen LogP) is 5.51. The van der Waals surface area contributed by atoms with Gasteiger partial charge in [-0.3, -0.25) is 4.79 Å². The Morgan fingerprint density at radius 2 is 1.48 bits per heavy atom. The van der Waals surface area contributed by atoms with Gasteiger partial charge in [0.2, 0.25) is 0 Å². The Morgan fingerprint density at radius 1 is 0.952 bits per heavy atom. The van der Waals surface area contributed by atoms with Gasteiger partial charge in [0, 0.05) is 11.5 Å². The van der Waals surface area contributed by atoms with Crippen LogP contribution in [0.3, 0.4) is 0 Å². The zero-order valence-electron chi connectivity index (χ0n) is 14.7. The molecule has 2 rings (SSSR count). The van der Waals surface area contributed by atoms with Gasteiger partial charge in [-0.15, -0.1) is 0 Å². The number of fused-ring (bicyclic) bond motifs is 1. The maximum Gasteiger partial charge on any atom is 0.165 e. The van der Waals surface area contributed by atoms with E-state index in [1.165, 1.54) is 24.0 Å². The summed E-state index contributed by atoms with van der Waals surface area (Å²) in [7, 11) is 0. The molecule has 1 aromatic rings. The molecule has 0 radical (unpaired) electrons. The van der Waals surface area contributed by atoms with E-state index < -0.39 is 0 Å². The summed E-state index contributed by atoms with van der Waals surface area (Å²) >= 11 is 0. The second-order valence-electron chi connectivity index (χ2n) is 8.43. The van der Waals surface area contributed by atoms with Crippen LogP contribution in [-0.2, 0) is 10.8 Å². The van der Waals surface area contributed by atoms with E-state index in [0.717, 1.165) is 5.56 Å². The number of Topliss-reactive ketones (excluding diaryl/α,β-unsaturated/α-hetero) is 1. The van der Waals surface area contributed by atoms with Crippen LogP contribution < -0.4 is 0 Å². The van der Waals surface area contributed by atoms with Crippen LogP contribution in [0.25, 0.3) is 0 Å². The maximum absolute atomic E-state index is 12.6. The monoisotopic (exact) mass is 286 g/mol. The van der Waals surface area contributed by atoms with Crippen LogP contribution in [0.4, 0.5) is 0 Å². The molecule has 1 nitrogen and oxygen atoms in total. The van der Waals surface area contributed by atoms with Crippen molar-refractivity contribution < 1.29 is 4.79 Å². The molecule has 0 N–H and O–H groups in total. The molecule has 0 aromatic heterocycles. The first kappa shape index (κ1) is 16.3. The molecule has 21 heavy (non-hydrogen) atoms. The summed E-state index contributed by atoms with van der Waals surface area (Å²) in [5.41, 5.74) is 4.08. The Kier molecular flexibility index (Phi) is 4.08. The molecule has 1 aliphatic rings. The van der Waals surface area contributed by atoms with Crippen molar-refractivity contribution in [1.82, 2.24) is 0 Å². The molecule has 0 amide bonds. The van der Waals surface area contributed by atoms with E-state index in [-0.39, 0.29) is 22.5 Å². The normalized spacial score (nSPS) is 21.0. The minimum absolute atomic E-state index is 0.0859. The van der Waals surface area contributed by atoms with E-state index in [1.54, 1.807) is 0 Å². The molecule has 1 atom stereocenters. The lowest BCUT2D eigenvalue weighted by Crippen LogP contribution is -2.34. The summed E-state index contributed by atoms with van der Waals surface area (Å²) in [5, 5.41) is 0. The van der Waals surface area contributed by atoms with Crippen molar-refractivity contribution in [3.8, 4) is 0 Å². The Morgan fingerprint density at radius 3 is 2.00 bits per heavy atom. The molecule has 0 heterocycles. The fourth-order valence-corrected chi connectivity index (χ4v) is 3.31. The highest BCUT2D eigenvalue weighted by Crippen LogP contribution is 2.46. The highest BCUT2D eigenvalue weighted by atomic mass is 16.1. The Bertz CT molecular complexity index is 549. The second-order valence-corrected chi connectivity index (χ2v) is 8.43. The van der Waals surface area contributed by atoms with Crippen LogP contribution >= 0.6 is 0 Å². The van der Waals surface area contributed by atoms with Crippen molar-refractivity contribution in [3.05, 3.63) is 34.9 Å². The molecule has 1 aliphatic carbocycles. The van der Waals surface area contributed by atoms with Gasteiger partial charge < -0.3 is 0 Å². The fraction of sp³-hybridized carbons (Fsp3) is 0.650. The van der Waals surface area contributed by atoms with Crippen LogP contribution in [0.2, 0.25) is 0 Å². The fourth-order valence-electron chi connectivity index (χ4n) is 3.31. The third kappa shape index (κ3) is 2.93. The topological polar surface area (TPSA) is 17.1 Å². The number of carbonyl (C=O) groups is 1.